The normalized spacial score (nSPS) is 31.3. The Morgan fingerprint density at radius 3 is 2.32 bits per heavy atom. The zero-order valence-corrected chi connectivity index (χ0v) is 20.6. The molecule has 192 valence electrons. The summed E-state index contributed by atoms with van der Waals surface area (Å²) in [5.41, 5.74) is -0.662. The van der Waals surface area contributed by atoms with Gasteiger partial charge in [0.15, 0.2) is 11.5 Å². The first-order valence-electron chi connectivity index (χ1n) is 9.51. The number of hydrogen-bond donors (Lipinski definition) is 7. The SMILES string of the molecule is CNc1ncnc2c1ncn2[C@H]1[C@H](O)[C@H](O)[C@@](C)(COP(=O)(O)OP(=O)(O)OP(=O)(O)O)[C@@H]1C. The molecule has 2 heterocycles. The van der Waals surface area contributed by atoms with E-state index >= 15 is 0 Å². The van der Waals surface area contributed by atoms with Crippen LogP contribution in [0, 0.1) is 11.3 Å². The molecule has 0 amide bonds. The van der Waals surface area contributed by atoms with Gasteiger partial charge in [-0.3, -0.25) is 4.52 Å². The van der Waals surface area contributed by atoms with Crippen LogP contribution in [-0.2, 0) is 26.8 Å². The molecule has 0 spiro atoms. The first-order chi connectivity index (χ1) is 15.5. The standard InChI is InChI=1S/C14H24N5O12P3/c1-7-9(19-6-18-8-12(15-3)16-5-17-13(8)19)10(20)11(21)14(7,2)4-29-33(25,26)31-34(27,28)30-32(22,23)24/h5-7,9-11,20-21H,4H2,1-3H3,(H,25,26)(H,27,28)(H,15,16,17)(H2,22,23,24)/t7-,9-,10+,11+,14+/m1/s1. The number of aromatic nitrogens is 4. The Hall–Kier alpha value is -1.32. The number of rotatable bonds is 9. The molecule has 0 aromatic carbocycles. The zero-order chi connectivity index (χ0) is 25.7. The predicted octanol–water partition coefficient (Wildman–Crippen LogP) is 0.130. The van der Waals surface area contributed by atoms with Crippen LogP contribution in [0.4, 0.5) is 5.82 Å². The quantitative estimate of drug-likeness (QED) is 0.206. The van der Waals surface area contributed by atoms with Crippen molar-refractivity contribution in [2.45, 2.75) is 32.1 Å². The van der Waals surface area contributed by atoms with Crippen molar-refractivity contribution in [3.8, 4) is 0 Å². The lowest BCUT2D eigenvalue weighted by molar-refractivity contribution is -0.0460. The molecule has 2 aromatic heterocycles. The van der Waals surface area contributed by atoms with E-state index in [0.717, 1.165) is 0 Å². The van der Waals surface area contributed by atoms with E-state index < -0.39 is 59.7 Å². The monoisotopic (exact) mass is 547 g/mol. The highest BCUT2D eigenvalue weighted by Crippen LogP contribution is 2.67. The molecular formula is C14H24N5O12P3. The number of aliphatic hydroxyl groups excluding tert-OH is 2. The summed E-state index contributed by atoms with van der Waals surface area (Å²) >= 11 is 0. The Balaban J connectivity index is 1.83. The highest BCUT2D eigenvalue weighted by Gasteiger charge is 2.57. The van der Waals surface area contributed by atoms with Crippen LogP contribution in [0.2, 0.25) is 0 Å². The Kier molecular flexibility index (Phi) is 7.44. The molecule has 0 aliphatic heterocycles. The minimum Gasteiger partial charge on any atom is -0.390 e. The molecule has 2 aromatic rings. The number of anilines is 1. The molecule has 0 saturated heterocycles. The summed E-state index contributed by atoms with van der Waals surface area (Å²) in [6.07, 6.45) is -0.243. The third kappa shape index (κ3) is 5.41. The van der Waals surface area contributed by atoms with Crippen molar-refractivity contribution in [3.05, 3.63) is 12.7 Å². The van der Waals surface area contributed by atoms with Gasteiger partial charge in [-0.05, 0) is 5.92 Å². The van der Waals surface area contributed by atoms with E-state index in [-0.39, 0.29) is 0 Å². The molecule has 1 aliphatic rings. The fourth-order valence-electron chi connectivity index (χ4n) is 3.93. The van der Waals surface area contributed by atoms with Crippen molar-refractivity contribution < 1.29 is 56.6 Å². The van der Waals surface area contributed by atoms with Gasteiger partial charge in [0.2, 0.25) is 0 Å². The molecule has 1 aliphatic carbocycles. The second kappa shape index (κ2) is 9.28. The van der Waals surface area contributed by atoms with Crippen molar-refractivity contribution >= 4 is 40.4 Å². The molecular weight excluding hydrogens is 523 g/mol. The summed E-state index contributed by atoms with van der Waals surface area (Å²) in [5, 5.41) is 24.4. The molecule has 1 saturated carbocycles. The number of imidazole rings is 1. The number of aliphatic hydroxyl groups is 2. The molecule has 1 fully saturated rings. The maximum absolute atomic E-state index is 12.1. The van der Waals surface area contributed by atoms with E-state index in [4.69, 9.17) is 14.3 Å². The zero-order valence-electron chi connectivity index (χ0n) is 17.9. The summed E-state index contributed by atoms with van der Waals surface area (Å²) in [6, 6.07) is -0.825. The minimum atomic E-state index is -5.69. The highest BCUT2D eigenvalue weighted by molar-refractivity contribution is 7.66. The van der Waals surface area contributed by atoms with E-state index in [1.165, 1.54) is 24.1 Å². The smallest absolute Gasteiger partial charge is 0.390 e. The van der Waals surface area contributed by atoms with Crippen LogP contribution in [0.1, 0.15) is 19.9 Å². The van der Waals surface area contributed by atoms with Crippen LogP contribution in [-0.4, -0.2) is 75.2 Å². The topological polar surface area (TPSA) is 256 Å². The van der Waals surface area contributed by atoms with Crippen LogP contribution in [0.5, 0.6) is 0 Å². The van der Waals surface area contributed by atoms with E-state index in [1.54, 1.807) is 14.0 Å². The second-order valence-electron chi connectivity index (χ2n) is 7.88. The lowest BCUT2D eigenvalue weighted by atomic mass is 9.79. The molecule has 34 heavy (non-hydrogen) atoms. The fraction of sp³-hybridized carbons (Fsp3) is 0.643. The maximum Gasteiger partial charge on any atom is 0.490 e. The van der Waals surface area contributed by atoms with Gasteiger partial charge < -0.3 is 39.7 Å². The van der Waals surface area contributed by atoms with Crippen molar-refractivity contribution in [3.63, 3.8) is 0 Å². The number of fused-ring (bicyclic) bond motifs is 1. The predicted molar refractivity (Wildman–Crippen MR) is 113 cm³/mol. The molecule has 3 rings (SSSR count). The number of phosphoric acid groups is 3. The average Bonchev–Trinajstić information content (AvgIpc) is 3.18. The fourth-order valence-corrected chi connectivity index (χ4v) is 7.07. The molecule has 7 N–H and O–H groups in total. The summed E-state index contributed by atoms with van der Waals surface area (Å²) in [5.74, 6) is -0.227. The number of nitrogens with one attached hydrogen (secondary N) is 1. The van der Waals surface area contributed by atoms with E-state index in [9.17, 15) is 33.7 Å². The summed E-state index contributed by atoms with van der Waals surface area (Å²) in [4.78, 5) is 48.7. The second-order valence-corrected chi connectivity index (χ2v) is 12.3. The van der Waals surface area contributed by atoms with Crippen LogP contribution in [0.3, 0.4) is 0 Å². The lowest BCUT2D eigenvalue weighted by Crippen LogP contribution is -2.39. The van der Waals surface area contributed by atoms with Gasteiger partial charge in [-0.15, -0.1) is 0 Å². The minimum absolute atomic E-state index is 0.347. The van der Waals surface area contributed by atoms with Crippen molar-refractivity contribution in [1.29, 1.82) is 0 Å². The van der Waals surface area contributed by atoms with Crippen molar-refractivity contribution in [2.24, 2.45) is 11.3 Å². The van der Waals surface area contributed by atoms with Gasteiger partial charge >= 0.3 is 23.5 Å². The molecule has 0 bridgehead atoms. The Labute approximate surface area is 192 Å². The maximum atomic E-state index is 12.1. The van der Waals surface area contributed by atoms with E-state index in [0.29, 0.717) is 17.0 Å². The lowest BCUT2D eigenvalue weighted by Gasteiger charge is -2.33. The third-order valence-electron chi connectivity index (χ3n) is 5.77. The van der Waals surface area contributed by atoms with Gasteiger partial charge in [0.25, 0.3) is 0 Å². The van der Waals surface area contributed by atoms with Gasteiger partial charge in [-0.1, -0.05) is 13.8 Å². The first kappa shape index (κ1) is 27.3. The van der Waals surface area contributed by atoms with Crippen molar-refractivity contribution in [1.82, 2.24) is 19.5 Å². The summed E-state index contributed by atoms with van der Waals surface area (Å²) in [6.45, 7) is 2.29. The molecule has 7 atom stereocenters. The third-order valence-corrected chi connectivity index (χ3v) is 9.56. The van der Waals surface area contributed by atoms with E-state index in [2.05, 4.69) is 28.9 Å². The Bertz CT molecular complexity index is 1200. The average molecular weight is 547 g/mol. The first-order valence-corrected chi connectivity index (χ1v) is 14.0. The van der Waals surface area contributed by atoms with Gasteiger partial charge in [0.05, 0.1) is 25.1 Å². The molecule has 17 nitrogen and oxygen atoms in total. The summed E-state index contributed by atoms with van der Waals surface area (Å²) < 4.78 is 48.0. The van der Waals surface area contributed by atoms with Crippen LogP contribution in [0.25, 0.3) is 11.2 Å². The van der Waals surface area contributed by atoms with Crippen LogP contribution in [0.15, 0.2) is 12.7 Å². The van der Waals surface area contributed by atoms with Gasteiger partial charge in [0.1, 0.15) is 17.9 Å². The molecule has 2 unspecified atom stereocenters. The Morgan fingerprint density at radius 2 is 1.74 bits per heavy atom. The molecule has 20 heteroatoms. The molecule has 0 radical (unpaired) electrons. The Morgan fingerprint density at radius 1 is 1.09 bits per heavy atom. The van der Waals surface area contributed by atoms with Crippen LogP contribution >= 0.6 is 23.5 Å². The number of hydrogen-bond acceptors (Lipinski definition) is 12. The van der Waals surface area contributed by atoms with Gasteiger partial charge in [0, 0.05) is 12.5 Å². The van der Waals surface area contributed by atoms with Crippen molar-refractivity contribution in [2.75, 3.05) is 19.0 Å². The van der Waals surface area contributed by atoms with Gasteiger partial charge in [-0.2, -0.15) is 8.62 Å². The number of nitrogens with zero attached hydrogens (tertiary/aromatic N) is 4. The van der Waals surface area contributed by atoms with Gasteiger partial charge in [-0.25, -0.2) is 28.6 Å². The van der Waals surface area contributed by atoms with Crippen LogP contribution < -0.4 is 5.32 Å². The van der Waals surface area contributed by atoms with E-state index in [1.807, 2.05) is 0 Å². The largest absolute Gasteiger partial charge is 0.490 e. The number of phosphoric ester groups is 1. The highest BCUT2D eigenvalue weighted by atomic mass is 31.3. The summed E-state index contributed by atoms with van der Waals surface area (Å²) in [7, 11) is -15.0.